The summed E-state index contributed by atoms with van der Waals surface area (Å²) in [4.78, 5) is 0. The van der Waals surface area contributed by atoms with Gasteiger partial charge < -0.3 is 5.73 Å². The van der Waals surface area contributed by atoms with Crippen LogP contribution in [-0.2, 0) is 0 Å². The van der Waals surface area contributed by atoms with E-state index < -0.39 is 17.5 Å². The van der Waals surface area contributed by atoms with Gasteiger partial charge in [0.1, 0.15) is 12.0 Å². The van der Waals surface area contributed by atoms with Gasteiger partial charge in [-0.3, -0.25) is 0 Å². The van der Waals surface area contributed by atoms with Crippen molar-refractivity contribution < 1.29 is 8.78 Å². The molecule has 1 saturated carbocycles. The van der Waals surface area contributed by atoms with Crippen molar-refractivity contribution in [3.05, 3.63) is 35.6 Å². The Bertz CT molecular complexity index is 320. The molecular weight excluding hydrogens is 172 g/mol. The van der Waals surface area contributed by atoms with Gasteiger partial charge in [0.25, 0.3) is 0 Å². The molecule has 0 aromatic heterocycles. The Hall–Kier alpha value is -0.960. The fourth-order valence-electron chi connectivity index (χ4n) is 1.39. The maximum absolute atomic E-state index is 13.6. The molecule has 1 aromatic rings. The second-order valence-electron chi connectivity index (χ2n) is 3.65. The lowest BCUT2D eigenvalue weighted by molar-refractivity contribution is 0.273. The zero-order valence-corrected chi connectivity index (χ0v) is 7.13. The van der Waals surface area contributed by atoms with Gasteiger partial charge >= 0.3 is 0 Å². The third kappa shape index (κ3) is 1.56. The molecule has 0 heterocycles. The molecule has 1 nitrogen and oxygen atoms in total. The van der Waals surface area contributed by atoms with Gasteiger partial charge in [0.2, 0.25) is 0 Å². The summed E-state index contributed by atoms with van der Waals surface area (Å²) in [5, 5.41) is 0. The fraction of sp³-hybridized carbons (Fsp3) is 0.400. The average Bonchev–Trinajstić information content (AvgIpc) is 2.84. The van der Waals surface area contributed by atoms with Gasteiger partial charge in [-0.05, 0) is 30.5 Å². The van der Waals surface area contributed by atoms with E-state index in [1.54, 1.807) is 6.07 Å². The van der Waals surface area contributed by atoms with Crippen LogP contribution in [0.25, 0.3) is 0 Å². The Kier molecular flexibility index (Phi) is 1.84. The molecular formula is C10H11F2N. The van der Waals surface area contributed by atoms with E-state index in [2.05, 4.69) is 0 Å². The zero-order chi connectivity index (χ0) is 9.47. The van der Waals surface area contributed by atoms with Gasteiger partial charge in [-0.25, -0.2) is 8.78 Å². The fourth-order valence-corrected chi connectivity index (χ4v) is 1.39. The van der Waals surface area contributed by atoms with Crippen LogP contribution in [0.3, 0.4) is 0 Å². The summed E-state index contributed by atoms with van der Waals surface area (Å²) in [6.45, 7) is 0. The van der Waals surface area contributed by atoms with Crippen LogP contribution in [0.1, 0.15) is 24.6 Å². The Morgan fingerprint density at radius 2 is 2.08 bits per heavy atom. The number of benzene rings is 1. The largest absolute Gasteiger partial charge is 0.322 e. The molecule has 70 valence electrons. The molecule has 1 aromatic carbocycles. The standard InChI is InChI=1S/C10H11F2N/c11-8-3-1-2-7(6-8)9(12)10(13)4-5-10/h1-3,6,9H,4-5,13H2. The topological polar surface area (TPSA) is 26.0 Å². The number of hydrogen-bond acceptors (Lipinski definition) is 1. The third-order valence-corrected chi connectivity index (χ3v) is 2.47. The third-order valence-electron chi connectivity index (χ3n) is 2.47. The smallest absolute Gasteiger partial charge is 0.143 e. The van der Waals surface area contributed by atoms with Gasteiger partial charge in [0.05, 0.1) is 5.54 Å². The van der Waals surface area contributed by atoms with E-state index in [-0.39, 0.29) is 0 Å². The molecule has 1 aliphatic rings. The average molecular weight is 183 g/mol. The lowest BCUT2D eigenvalue weighted by Crippen LogP contribution is -2.27. The van der Waals surface area contributed by atoms with Crippen LogP contribution >= 0.6 is 0 Å². The highest BCUT2D eigenvalue weighted by Gasteiger charge is 2.47. The first-order valence-corrected chi connectivity index (χ1v) is 4.30. The van der Waals surface area contributed by atoms with Crippen molar-refractivity contribution >= 4 is 0 Å². The van der Waals surface area contributed by atoms with Crippen LogP contribution in [-0.4, -0.2) is 5.54 Å². The predicted octanol–water partition coefficient (Wildman–Crippen LogP) is 2.33. The molecule has 2 N–H and O–H groups in total. The first kappa shape index (κ1) is 8.63. The Morgan fingerprint density at radius 1 is 1.38 bits per heavy atom. The van der Waals surface area contributed by atoms with Crippen molar-refractivity contribution in [1.82, 2.24) is 0 Å². The Morgan fingerprint density at radius 3 is 2.62 bits per heavy atom. The molecule has 0 amide bonds. The highest BCUT2D eigenvalue weighted by Crippen LogP contribution is 2.45. The highest BCUT2D eigenvalue weighted by atomic mass is 19.1. The molecule has 13 heavy (non-hydrogen) atoms. The molecule has 0 radical (unpaired) electrons. The van der Waals surface area contributed by atoms with Gasteiger partial charge in [0.15, 0.2) is 0 Å². The van der Waals surface area contributed by atoms with Crippen LogP contribution in [0.4, 0.5) is 8.78 Å². The number of rotatable bonds is 2. The number of hydrogen-bond donors (Lipinski definition) is 1. The van der Waals surface area contributed by atoms with Crippen LogP contribution < -0.4 is 5.73 Å². The van der Waals surface area contributed by atoms with E-state index in [0.29, 0.717) is 18.4 Å². The first-order chi connectivity index (χ1) is 6.12. The van der Waals surface area contributed by atoms with Crippen molar-refractivity contribution in [2.75, 3.05) is 0 Å². The summed E-state index contributed by atoms with van der Waals surface area (Å²) < 4.78 is 26.3. The van der Waals surface area contributed by atoms with Crippen LogP contribution in [0.15, 0.2) is 24.3 Å². The summed E-state index contributed by atoms with van der Waals surface area (Å²) in [6, 6.07) is 5.58. The van der Waals surface area contributed by atoms with E-state index >= 15 is 0 Å². The zero-order valence-electron chi connectivity index (χ0n) is 7.13. The second-order valence-corrected chi connectivity index (χ2v) is 3.65. The van der Waals surface area contributed by atoms with E-state index in [1.165, 1.54) is 18.2 Å². The van der Waals surface area contributed by atoms with Crippen LogP contribution in [0.2, 0.25) is 0 Å². The molecule has 1 aliphatic carbocycles. The minimum absolute atomic E-state index is 0.347. The summed E-state index contributed by atoms with van der Waals surface area (Å²) in [6.07, 6.45) is 0.137. The molecule has 1 fully saturated rings. The minimum Gasteiger partial charge on any atom is -0.322 e. The Balaban J connectivity index is 2.25. The quantitative estimate of drug-likeness (QED) is 0.748. The molecule has 2 rings (SSSR count). The van der Waals surface area contributed by atoms with Crippen molar-refractivity contribution in [3.63, 3.8) is 0 Å². The summed E-state index contributed by atoms with van der Waals surface area (Å²) >= 11 is 0. The lowest BCUT2D eigenvalue weighted by atomic mass is 10.0. The molecule has 0 aliphatic heterocycles. The monoisotopic (exact) mass is 183 g/mol. The number of nitrogens with two attached hydrogens (primary N) is 1. The van der Waals surface area contributed by atoms with Gasteiger partial charge in [0, 0.05) is 0 Å². The normalized spacial score (nSPS) is 21.2. The molecule has 0 saturated heterocycles. The molecule has 1 atom stereocenters. The van der Waals surface area contributed by atoms with Gasteiger partial charge in [-0.2, -0.15) is 0 Å². The number of alkyl halides is 1. The van der Waals surface area contributed by atoms with E-state index in [1.807, 2.05) is 0 Å². The van der Waals surface area contributed by atoms with Gasteiger partial charge in [-0.1, -0.05) is 12.1 Å². The molecule has 3 heteroatoms. The predicted molar refractivity (Wildman–Crippen MR) is 46.4 cm³/mol. The second kappa shape index (κ2) is 2.77. The first-order valence-electron chi connectivity index (χ1n) is 4.30. The molecule has 0 bridgehead atoms. The minimum atomic E-state index is -1.23. The summed E-state index contributed by atoms with van der Waals surface area (Å²) in [7, 11) is 0. The Labute approximate surface area is 75.6 Å². The summed E-state index contributed by atoms with van der Waals surface area (Å²) in [5.41, 5.74) is 5.29. The van der Waals surface area contributed by atoms with Crippen molar-refractivity contribution in [1.29, 1.82) is 0 Å². The van der Waals surface area contributed by atoms with E-state index in [0.717, 1.165) is 0 Å². The summed E-state index contributed by atoms with van der Waals surface area (Å²) in [5.74, 6) is -0.413. The maximum Gasteiger partial charge on any atom is 0.143 e. The van der Waals surface area contributed by atoms with Crippen molar-refractivity contribution in [3.8, 4) is 0 Å². The lowest BCUT2D eigenvalue weighted by Gasteiger charge is -2.14. The van der Waals surface area contributed by atoms with Crippen molar-refractivity contribution in [2.24, 2.45) is 5.73 Å². The maximum atomic E-state index is 13.6. The highest BCUT2D eigenvalue weighted by molar-refractivity contribution is 5.25. The van der Waals surface area contributed by atoms with E-state index in [9.17, 15) is 8.78 Å². The van der Waals surface area contributed by atoms with Crippen LogP contribution in [0, 0.1) is 5.82 Å². The molecule has 0 spiro atoms. The van der Waals surface area contributed by atoms with Crippen LogP contribution in [0.5, 0.6) is 0 Å². The molecule has 1 unspecified atom stereocenters. The van der Waals surface area contributed by atoms with Gasteiger partial charge in [-0.15, -0.1) is 0 Å². The SMILES string of the molecule is NC1(C(F)c2cccc(F)c2)CC1. The van der Waals surface area contributed by atoms with E-state index in [4.69, 9.17) is 5.73 Å². The van der Waals surface area contributed by atoms with Crippen molar-refractivity contribution in [2.45, 2.75) is 24.6 Å². The number of halogens is 2.